The van der Waals surface area contributed by atoms with Crippen molar-refractivity contribution >= 4 is 34.0 Å². The second-order valence-corrected chi connectivity index (χ2v) is 7.14. The highest BCUT2D eigenvalue weighted by atomic mass is 19.1. The molecule has 0 bridgehead atoms. The van der Waals surface area contributed by atoms with Crippen LogP contribution < -0.4 is 10.6 Å². The molecule has 0 heterocycles. The average Bonchev–Trinajstić information content (AvgIpc) is 2.74. The van der Waals surface area contributed by atoms with Crippen LogP contribution in [0.5, 0.6) is 0 Å². The molecule has 160 valence electrons. The van der Waals surface area contributed by atoms with E-state index in [2.05, 4.69) is 10.6 Å². The van der Waals surface area contributed by atoms with Crippen LogP contribution in [0.3, 0.4) is 0 Å². The Labute approximate surface area is 177 Å². The van der Waals surface area contributed by atoms with Gasteiger partial charge in [-0.15, -0.1) is 0 Å². The Morgan fingerprint density at radius 1 is 1.06 bits per heavy atom. The zero-order valence-corrected chi connectivity index (χ0v) is 17.0. The fraction of sp³-hybridized carbons (Fsp3) is 0.182. The third kappa shape index (κ3) is 5.01. The molecule has 0 aliphatic heterocycles. The van der Waals surface area contributed by atoms with Crippen LogP contribution >= 0.6 is 0 Å². The van der Waals surface area contributed by atoms with Gasteiger partial charge in [0.1, 0.15) is 0 Å². The minimum absolute atomic E-state index is 0.0496. The Kier molecular flexibility index (Phi) is 6.56. The van der Waals surface area contributed by atoms with Crippen LogP contribution in [0.25, 0.3) is 10.8 Å². The molecule has 0 saturated carbocycles. The first kappa shape index (κ1) is 21.8. The number of nitrogens with one attached hydrogen (secondary N) is 2. The van der Waals surface area contributed by atoms with Crippen molar-refractivity contribution in [3.8, 4) is 0 Å². The monoisotopic (exact) mass is 424 g/mol. The summed E-state index contributed by atoms with van der Waals surface area (Å²) in [6.07, 6.45) is 0. The Balaban J connectivity index is 1.71. The molecule has 0 aliphatic carbocycles. The first-order valence-electron chi connectivity index (χ1n) is 9.45. The molecule has 9 heteroatoms. The summed E-state index contributed by atoms with van der Waals surface area (Å²) in [6.45, 7) is 0.164. The van der Waals surface area contributed by atoms with Crippen LogP contribution in [0, 0.1) is 15.9 Å². The predicted molar refractivity (Wildman–Crippen MR) is 115 cm³/mol. The van der Waals surface area contributed by atoms with Crippen molar-refractivity contribution in [2.45, 2.75) is 6.04 Å². The Morgan fingerprint density at radius 2 is 1.77 bits per heavy atom. The number of nitrogens with zero attached hydrogens (tertiary/aromatic N) is 2. The van der Waals surface area contributed by atoms with E-state index < -0.39 is 28.2 Å². The number of carbonyl (C=O) groups is 2. The SMILES string of the molecule is CN(C)[C@@H](CNC(=O)C(=O)Nc1ccc(F)c([N+](=O)[O-])c1)c1cccc2ccccc12. The first-order chi connectivity index (χ1) is 14.8. The van der Waals surface area contributed by atoms with Crippen LogP contribution in [0.1, 0.15) is 11.6 Å². The first-order valence-corrected chi connectivity index (χ1v) is 9.45. The van der Waals surface area contributed by atoms with E-state index in [1.54, 1.807) is 0 Å². The Morgan fingerprint density at radius 3 is 2.48 bits per heavy atom. The summed E-state index contributed by atoms with van der Waals surface area (Å²) in [4.78, 5) is 36.4. The lowest BCUT2D eigenvalue weighted by Crippen LogP contribution is -2.40. The van der Waals surface area contributed by atoms with Gasteiger partial charge in [-0.1, -0.05) is 42.5 Å². The number of carbonyl (C=O) groups excluding carboxylic acids is 2. The topological polar surface area (TPSA) is 105 Å². The number of likely N-dealkylation sites (N-methyl/N-ethyl adjacent to an activating group) is 1. The number of nitro benzene ring substituents is 1. The highest BCUT2D eigenvalue weighted by Crippen LogP contribution is 2.27. The van der Waals surface area contributed by atoms with Gasteiger partial charge in [0.15, 0.2) is 0 Å². The lowest BCUT2D eigenvalue weighted by atomic mass is 9.98. The van der Waals surface area contributed by atoms with E-state index >= 15 is 0 Å². The van der Waals surface area contributed by atoms with Gasteiger partial charge in [0.25, 0.3) is 0 Å². The lowest BCUT2D eigenvalue weighted by molar-refractivity contribution is -0.387. The summed E-state index contributed by atoms with van der Waals surface area (Å²) in [5.74, 6) is -2.94. The second kappa shape index (κ2) is 9.31. The molecule has 0 spiro atoms. The number of nitro groups is 1. The molecule has 1 atom stereocenters. The molecule has 3 aromatic rings. The smallest absolute Gasteiger partial charge is 0.313 e. The molecule has 0 aromatic heterocycles. The normalized spacial score (nSPS) is 11.9. The zero-order valence-electron chi connectivity index (χ0n) is 17.0. The van der Waals surface area contributed by atoms with E-state index in [4.69, 9.17) is 0 Å². The molecule has 3 rings (SSSR count). The van der Waals surface area contributed by atoms with Gasteiger partial charge in [0.2, 0.25) is 5.82 Å². The maximum absolute atomic E-state index is 13.4. The minimum atomic E-state index is -1.03. The van der Waals surface area contributed by atoms with Crippen LogP contribution in [-0.4, -0.2) is 42.3 Å². The molecule has 0 fully saturated rings. The Bertz CT molecular complexity index is 1140. The van der Waals surface area contributed by atoms with Gasteiger partial charge >= 0.3 is 17.5 Å². The Hall–Kier alpha value is -3.85. The fourth-order valence-electron chi connectivity index (χ4n) is 3.30. The van der Waals surface area contributed by atoms with Crippen molar-refractivity contribution < 1.29 is 18.9 Å². The van der Waals surface area contributed by atoms with Gasteiger partial charge in [-0.3, -0.25) is 19.7 Å². The van der Waals surface area contributed by atoms with Crippen LogP contribution in [-0.2, 0) is 9.59 Å². The van der Waals surface area contributed by atoms with Crippen molar-refractivity contribution in [2.75, 3.05) is 26.0 Å². The summed E-state index contributed by atoms with van der Waals surface area (Å²) in [7, 11) is 3.74. The van der Waals surface area contributed by atoms with Crippen molar-refractivity contribution in [3.63, 3.8) is 0 Å². The molecule has 2 amide bonds. The molecule has 31 heavy (non-hydrogen) atoms. The van der Waals surface area contributed by atoms with E-state index in [0.717, 1.165) is 34.5 Å². The summed E-state index contributed by atoms with van der Waals surface area (Å²) in [5, 5.41) is 17.8. The molecule has 8 nitrogen and oxygen atoms in total. The van der Waals surface area contributed by atoms with Gasteiger partial charge in [0.05, 0.1) is 11.0 Å². The largest absolute Gasteiger partial charge is 0.346 e. The molecular formula is C22H21FN4O4. The van der Waals surface area contributed by atoms with Crippen molar-refractivity contribution in [1.29, 1.82) is 0 Å². The van der Waals surface area contributed by atoms with Gasteiger partial charge in [-0.25, -0.2) is 0 Å². The van der Waals surface area contributed by atoms with Crippen LogP contribution in [0.4, 0.5) is 15.8 Å². The van der Waals surface area contributed by atoms with E-state index in [1.165, 1.54) is 0 Å². The lowest BCUT2D eigenvalue weighted by Gasteiger charge is -2.26. The van der Waals surface area contributed by atoms with E-state index in [-0.39, 0.29) is 18.3 Å². The molecule has 0 radical (unpaired) electrons. The average molecular weight is 424 g/mol. The van der Waals surface area contributed by atoms with Gasteiger partial charge < -0.3 is 15.5 Å². The number of benzene rings is 3. The summed E-state index contributed by atoms with van der Waals surface area (Å²) >= 11 is 0. The van der Waals surface area contributed by atoms with Crippen LogP contribution in [0.15, 0.2) is 60.7 Å². The van der Waals surface area contributed by atoms with Crippen LogP contribution in [0.2, 0.25) is 0 Å². The van der Waals surface area contributed by atoms with Crippen molar-refractivity contribution in [3.05, 3.63) is 82.2 Å². The maximum Gasteiger partial charge on any atom is 0.313 e. The minimum Gasteiger partial charge on any atom is -0.346 e. The molecule has 0 saturated heterocycles. The predicted octanol–water partition coefficient (Wildman–Crippen LogP) is 3.24. The number of anilines is 1. The summed E-state index contributed by atoms with van der Waals surface area (Å²) in [6, 6.07) is 16.4. The highest BCUT2D eigenvalue weighted by molar-refractivity contribution is 6.39. The molecule has 2 N–H and O–H groups in total. The molecule has 0 aliphatic rings. The van der Waals surface area contributed by atoms with E-state index in [1.807, 2.05) is 61.5 Å². The number of amides is 2. The molecular weight excluding hydrogens is 403 g/mol. The standard InChI is InChI=1S/C22H21FN4O4/c1-26(2)20(17-9-5-7-14-6-3-4-8-16(14)17)13-24-21(28)22(29)25-15-10-11-18(23)19(12-15)27(30)31/h3-12,20H,13H2,1-2H3,(H,24,28)(H,25,29)/t20-/m0/s1. The van der Waals surface area contributed by atoms with Gasteiger partial charge in [-0.2, -0.15) is 4.39 Å². The number of fused-ring (bicyclic) bond motifs is 1. The van der Waals surface area contributed by atoms with E-state index in [0.29, 0.717) is 0 Å². The van der Waals surface area contributed by atoms with Gasteiger partial charge in [0, 0.05) is 18.3 Å². The highest BCUT2D eigenvalue weighted by Gasteiger charge is 2.21. The molecule has 3 aromatic carbocycles. The van der Waals surface area contributed by atoms with Gasteiger partial charge in [-0.05, 0) is 42.6 Å². The fourth-order valence-corrected chi connectivity index (χ4v) is 3.30. The number of rotatable bonds is 6. The third-order valence-corrected chi connectivity index (χ3v) is 4.87. The number of halogens is 1. The third-order valence-electron chi connectivity index (χ3n) is 4.87. The quantitative estimate of drug-likeness (QED) is 0.359. The zero-order chi connectivity index (χ0) is 22.5. The second-order valence-electron chi connectivity index (χ2n) is 7.14. The molecule has 0 unspecified atom stereocenters. The van der Waals surface area contributed by atoms with Crippen molar-refractivity contribution in [1.82, 2.24) is 10.2 Å². The number of hydrogen-bond donors (Lipinski definition) is 2. The van der Waals surface area contributed by atoms with E-state index in [9.17, 15) is 24.1 Å². The maximum atomic E-state index is 13.4. The summed E-state index contributed by atoms with van der Waals surface area (Å²) in [5.41, 5.74) is 0.159. The number of hydrogen-bond acceptors (Lipinski definition) is 5. The van der Waals surface area contributed by atoms with Crippen molar-refractivity contribution in [2.24, 2.45) is 0 Å². The summed E-state index contributed by atoms with van der Waals surface area (Å²) < 4.78 is 13.4.